The molecule has 0 spiro atoms. The lowest BCUT2D eigenvalue weighted by atomic mass is 9.98. The van der Waals surface area contributed by atoms with Crippen molar-refractivity contribution >= 4 is 22.5 Å². The minimum Gasteiger partial charge on any atom is -0.493 e. The first-order valence-electron chi connectivity index (χ1n) is 7.03. The Morgan fingerprint density at radius 2 is 1.76 bits per heavy atom. The zero-order valence-electron chi connectivity index (χ0n) is 12.0. The molecule has 1 N–H and O–H groups in total. The van der Waals surface area contributed by atoms with Crippen molar-refractivity contribution in [2.45, 2.75) is 26.2 Å². The molecule has 0 heterocycles. The molecule has 0 aliphatic heterocycles. The minimum atomic E-state index is -0.962. The predicted octanol–water partition coefficient (Wildman–Crippen LogP) is 3.68. The van der Waals surface area contributed by atoms with Gasteiger partial charge in [-0.3, -0.25) is 9.59 Å². The molecule has 0 aromatic heterocycles. The number of rotatable bonds is 7. The van der Waals surface area contributed by atoms with E-state index >= 15 is 0 Å². The highest BCUT2D eigenvalue weighted by atomic mass is 16.5. The van der Waals surface area contributed by atoms with Crippen molar-refractivity contribution in [1.29, 1.82) is 0 Å². The molecular weight excluding hydrogens is 268 g/mol. The van der Waals surface area contributed by atoms with Crippen LogP contribution in [0.2, 0.25) is 0 Å². The second-order valence-corrected chi connectivity index (χ2v) is 4.82. The summed E-state index contributed by atoms with van der Waals surface area (Å²) < 4.78 is 5.70. The maximum Gasteiger partial charge on any atom is 0.303 e. The predicted molar refractivity (Wildman–Crippen MR) is 80.9 cm³/mol. The quantitative estimate of drug-likeness (QED) is 0.789. The Morgan fingerprint density at radius 1 is 1.05 bits per heavy atom. The fourth-order valence-electron chi connectivity index (χ4n) is 2.21. The van der Waals surface area contributed by atoms with Gasteiger partial charge in [-0.25, -0.2) is 0 Å². The molecule has 4 nitrogen and oxygen atoms in total. The van der Waals surface area contributed by atoms with Crippen molar-refractivity contribution in [1.82, 2.24) is 0 Å². The molecule has 21 heavy (non-hydrogen) atoms. The van der Waals surface area contributed by atoms with E-state index in [1.54, 1.807) is 12.1 Å². The molecule has 2 aromatic rings. The van der Waals surface area contributed by atoms with Gasteiger partial charge in [-0.1, -0.05) is 31.2 Å². The summed E-state index contributed by atoms with van der Waals surface area (Å²) in [5, 5.41) is 10.4. The summed E-state index contributed by atoms with van der Waals surface area (Å²) in [7, 11) is 0. The standard InChI is InChI=1S/C17H18O4/c1-2-11-21-16-9-7-13(15(18)8-10-17(19)20)12-5-3-4-6-14(12)16/h3-7,9H,2,8,10-11H2,1H3,(H,19,20). The van der Waals surface area contributed by atoms with Gasteiger partial charge in [0.1, 0.15) is 5.75 Å². The number of carboxylic acid groups (broad SMARTS) is 1. The van der Waals surface area contributed by atoms with Crippen molar-refractivity contribution in [3.05, 3.63) is 42.0 Å². The molecule has 0 unspecified atom stereocenters. The first-order valence-corrected chi connectivity index (χ1v) is 7.03. The van der Waals surface area contributed by atoms with Crippen LogP contribution in [0.3, 0.4) is 0 Å². The van der Waals surface area contributed by atoms with Crippen molar-refractivity contribution in [2.75, 3.05) is 6.61 Å². The number of ether oxygens (including phenoxy) is 1. The van der Waals surface area contributed by atoms with Gasteiger partial charge in [0.2, 0.25) is 0 Å². The van der Waals surface area contributed by atoms with Gasteiger partial charge in [-0.2, -0.15) is 0 Å². The van der Waals surface area contributed by atoms with Crippen LogP contribution in [-0.2, 0) is 4.79 Å². The molecule has 110 valence electrons. The van der Waals surface area contributed by atoms with Crippen molar-refractivity contribution in [2.24, 2.45) is 0 Å². The Hall–Kier alpha value is -2.36. The zero-order chi connectivity index (χ0) is 15.2. The third-order valence-corrected chi connectivity index (χ3v) is 3.21. The highest BCUT2D eigenvalue weighted by Crippen LogP contribution is 2.29. The van der Waals surface area contributed by atoms with Crippen LogP contribution in [0.1, 0.15) is 36.5 Å². The molecular formula is C17H18O4. The second-order valence-electron chi connectivity index (χ2n) is 4.82. The number of ketones is 1. The summed E-state index contributed by atoms with van der Waals surface area (Å²) >= 11 is 0. The van der Waals surface area contributed by atoms with Crippen LogP contribution in [0.25, 0.3) is 10.8 Å². The van der Waals surface area contributed by atoms with Crippen molar-refractivity contribution < 1.29 is 19.4 Å². The molecule has 0 saturated heterocycles. The molecule has 0 fully saturated rings. The molecule has 2 aromatic carbocycles. The fourth-order valence-corrected chi connectivity index (χ4v) is 2.21. The fraction of sp³-hybridized carbons (Fsp3) is 0.294. The topological polar surface area (TPSA) is 63.6 Å². The second kappa shape index (κ2) is 6.88. The van der Waals surface area contributed by atoms with Crippen LogP contribution in [0.4, 0.5) is 0 Å². The summed E-state index contributed by atoms with van der Waals surface area (Å²) in [5.74, 6) is -0.367. The summed E-state index contributed by atoms with van der Waals surface area (Å²) in [5.41, 5.74) is 0.552. The Balaban J connectivity index is 2.37. The third kappa shape index (κ3) is 3.60. The Morgan fingerprint density at radius 3 is 2.43 bits per heavy atom. The van der Waals surface area contributed by atoms with Gasteiger partial charge in [0, 0.05) is 17.4 Å². The summed E-state index contributed by atoms with van der Waals surface area (Å²) in [4.78, 5) is 22.8. The third-order valence-electron chi connectivity index (χ3n) is 3.21. The van der Waals surface area contributed by atoms with Gasteiger partial charge >= 0.3 is 5.97 Å². The number of aliphatic carboxylic acids is 1. The highest BCUT2D eigenvalue weighted by molar-refractivity contribution is 6.10. The van der Waals surface area contributed by atoms with Crippen LogP contribution in [0.5, 0.6) is 5.75 Å². The Kier molecular flexibility index (Phi) is 4.93. The largest absolute Gasteiger partial charge is 0.493 e. The summed E-state index contributed by atoms with van der Waals surface area (Å²) in [6.07, 6.45) is 0.767. The van der Waals surface area contributed by atoms with Crippen LogP contribution in [0.15, 0.2) is 36.4 Å². The first-order chi connectivity index (χ1) is 10.1. The number of fused-ring (bicyclic) bond motifs is 1. The van der Waals surface area contributed by atoms with E-state index in [9.17, 15) is 9.59 Å². The first kappa shape index (κ1) is 15.0. The highest BCUT2D eigenvalue weighted by Gasteiger charge is 2.14. The Bertz CT molecular complexity index is 661. The number of benzene rings is 2. The van der Waals surface area contributed by atoms with E-state index < -0.39 is 5.97 Å². The van der Waals surface area contributed by atoms with E-state index in [2.05, 4.69) is 0 Å². The van der Waals surface area contributed by atoms with E-state index in [1.807, 2.05) is 31.2 Å². The lowest BCUT2D eigenvalue weighted by molar-refractivity contribution is -0.136. The molecule has 0 aliphatic rings. The van der Waals surface area contributed by atoms with Crippen LogP contribution >= 0.6 is 0 Å². The zero-order valence-corrected chi connectivity index (χ0v) is 12.0. The average molecular weight is 286 g/mol. The summed E-state index contributed by atoms with van der Waals surface area (Å²) in [6.45, 7) is 2.66. The number of Topliss-reactive ketones (excluding diaryl/α,β-unsaturated/α-hetero) is 1. The van der Waals surface area contributed by atoms with Gasteiger partial charge in [0.15, 0.2) is 5.78 Å². The molecule has 0 atom stereocenters. The van der Waals surface area contributed by atoms with E-state index in [0.717, 1.165) is 22.9 Å². The number of hydrogen-bond donors (Lipinski definition) is 1. The number of carboxylic acids is 1. The van der Waals surface area contributed by atoms with Crippen molar-refractivity contribution in [3.63, 3.8) is 0 Å². The lowest BCUT2D eigenvalue weighted by Crippen LogP contribution is -2.05. The van der Waals surface area contributed by atoms with Gasteiger partial charge in [0.25, 0.3) is 0 Å². The SMILES string of the molecule is CCCOc1ccc(C(=O)CCC(=O)O)c2ccccc12. The van der Waals surface area contributed by atoms with Gasteiger partial charge in [-0.15, -0.1) is 0 Å². The smallest absolute Gasteiger partial charge is 0.303 e. The number of carbonyl (C=O) groups excluding carboxylic acids is 1. The average Bonchev–Trinajstić information content (AvgIpc) is 2.50. The van der Waals surface area contributed by atoms with Crippen LogP contribution in [-0.4, -0.2) is 23.5 Å². The number of carbonyl (C=O) groups is 2. The Labute approximate surface area is 123 Å². The molecule has 0 radical (unpaired) electrons. The van der Waals surface area contributed by atoms with Gasteiger partial charge < -0.3 is 9.84 Å². The molecule has 0 aliphatic carbocycles. The molecule has 0 saturated carbocycles. The van der Waals surface area contributed by atoms with Crippen LogP contribution in [0, 0.1) is 0 Å². The molecule has 0 amide bonds. The lowest BCUT2D eigenvalue weighted by Gasteiger charge is -2.11. The van der Waals surface area contributed by atoms with E-state index in [-0.39, 0.29) is 18.6 Å². The minimum absolute atomic E-state index is 0.00842. The molecule has 2 rings (SSSR count). The number of hydrogen-bond acceptors (Lipinski definition) is 3. The normalized spacial score (nSPS) is 10.5. The van der Waals surface area contributed by atoms with Crippen LogP contribution < -0.4 is 4.74 Å². The summed E-state index contributed by atoms with van der Waals surface area (Å²) in [6, 6.07) is 11.0. The van der Waals surface area contributed by atoms with Crippen molar-refractivity contribution in [3.8, 4) is 5.75 Å². The monoisotopic (exact) mass is 286 g/mol. The van der Waals surface area contributed by atoms with E-state index in [4.69, 9.17) is 9.84 Å². The molecule has 0 bridgehead atoms. The molecule has 4 heteroatoms. The van der Waals surface area contributed by atoms with E-state index in [0.29, 0.717) is 12.2 Å². The maximum absolute atomic E-state index is 12.2. The maximum atomic E-state index is 12.2. The van der Waals surface area contributed by atoms with E-state index in [1.165, 1.54) is 0 Å². The van der Waals surface area contributed by atoms with Gasteiger partial charge in [0.05, 0.1) is 13.0 Å². The van der Waals surface area contributed by atoms with Gasteiger partial charge in [-0.05, 0) is 23.9 Å².